The van der Waals surface area contributed by atoms with E-state index in [1.165, 1.54) is 0 Å². The van der Waals surface area contributed by atoms with Crippen LogP contribution in [0.25, 0.3) is 0 Å². The van der Waals surface area contributed by atoms with Gasteiger partial charge in [-0.1, -0.05) is 37.3 Å². The molecule has 11 nitrogen and oxygen atoms in total. The minimum atomic E-state index is -0.399. The summed E-state index contributed by atoms with van der Waals surface area (Å²) in [5.41, 5.74) is 9.37. The first-order valence-corrected chi connectivity index (χ1v) is 16.2. The van der Waals surface area contributed by atoms with Gasteiger partial charge >= 0.3 is 0 Å². The smallest absolute Gasteiger partial charge is 0.258 e. The fourth-order valence-corrected chi connectivity index (χ4v) is 6.00. The van der Waals surface area contributed by atoms with E-state index in [2.05, 4.69) is 15.5 Å². The van der Waals surface area contributed by atoms with Crippen LogP contribution in [0.4, 0.5) is 17.1 Å². The van der Waals surface area contributed by atoms with Crippen LogP contribution in [0.15, 0.2) is 66.7 Å². The van der Waals surface area contributed by atoms with Gasteiger partial charge in [-0.3, -0.25) is 19.3 Å². The summed E-state index contributed by atoms with van der Waals surface area (Å²) in [5.74, 6) is -0.543. The normalized spacial score (nSPS) is 19.3. The minimum Gasteiger partial charge on any atom is -0.486 e. The first kappa shape index (κ1) is 33.9. The molecule has 0 spiro atoms. The first-order valence-electron chi connectivity index (χ1n) is 16.2. The summed E-state index contributed by atoms with van der Waals surface area (Å²) in [5, 5.41) is 15.9. The lowest BCUT2D eigenvalue weighted by molar-refractivity contribution is -0.122. The lowest BCUT2D eigenvalue weighted by Crippen LogP contribution is -2.49. The third-order valence-corrected chi connectivity index (χ3v) is 8.91. The van der Waals surface area contributed by atoms with Crippen LogP contribution in [-0.2, 0) is 16.1 Å². The fourth-order valence-electron chi connectivity index (χ4n) is 6.00. The minimum absolute atomic E-state index is 0.0979. The number of nitrogens with two attached hydrogens (primary N) is 1. The zero-order valence-electron chi connectivity index (χ0n) is 27.3. The number of aliphatic hydroxyl groups is 1. The molecule has 250 valence electrons. The number of nitrogen functional groups attached to an aromatic ring is 1. The molecule has 3 atom stereocenters. The van der Waals surface area contributed by atoms with E-state index in [0.29, 0.717) is 79.6 Å². The Hall–Kier alpha value is -4.45. The number of likely N-dealkylation sites (N-methyl/N-ethyl adjacent to an activating group) is 1. The van der Waals surface area contributed by atoms with E-state index in [0.717, 1.165) is 5.56 Å². The second-order valence-corrected chi connectivity index (χ2v) is 12.6. The van der Waals surface area contributed by atoms with E-state index in [1.807, 2.05) is 45.2 Å². The van der Waals surface area contributed by atoms with Gasteiger partial charge in [0, 0.05) is 50.2 Å². The molecule has 3 amide bonds. The number of nitrogens with zero attached hydrogens (tertiary/aromatic N) is 2. The summed E-state index contributed by atoms with van der Waals surface area (Å²) in [6, 6.07) is 19.4. The molecule has 5 rings (SSSR count). The van der Waals surface area contributed by atoms with Gasteiger partial charge in [0.2, 0.25) is 5.91 Å². The van der Waals surface area contributed by atoms with E-state index in [-0.39, 0.29) is 42.3 Å². The van der Waals surface area contributed by atoms with E-state index in [4.69, 9.17) is 15.2 Å². The Labute approximate surface area is 276 Å². The van der Waals surface area contributed by atoms with Crippen molar-refractivity contribution < 1.29 is 29.0 Å². The maximum Gasteiger partial charge on any atom is 0.258 e. The molecule has 0 aliphatic carbocycles. The average molecular weight is 644 g/mol. The number of ether oxygens (including phenoxy) is 2. The highest BCUT2D eigenvalue weighted by Crippen LogP contribution is 2.35. The SMILES string of the molecule is C[C@@H]1CN([C@@H](C)CO)C(=O)c2cccc(NC(=O)C3CCOCC3)c2O[C@@H]1CN(C)Cc1ccc(C(=O)Nc2ccccc2N)cc1. The molecule has 0 unspecified atom stereocenters. The maximum atomic E-state index is 13.8. The molecule has 0 radical (unpaired) electrons. The Kier molecular flexibility index (Phi) is 11.1. The first-order chi connectivity index (χ1) is 22.6. The molecule has 0 saturated carbocycles. The molecular formula is C36H45N5O6. The Morgan fingerprint density at radius 1 is 1.02 bits per heavy atom. The van der Waals surface area contributed by atoms with Crippen molar-refractivity contribution in [2.45, 2.75) is 45.4 Å². The quantitative estimate of drug-likeness (QED) is 0.240. The van der Waals surface area contributed by atoms with Crippen molar-refractivity contribution in [2.24, 2.45) is 11.8 Å². The molecule has 5 N–H and O–H groups in total. The second kappa shape index (κ2) is 15.4. The van der Waals surface area contributed by atoms with E-state index < -0.39 is 6.04 Å². The lowest BCUT2D eigenvalue weighted by atomic mass is 9.98. The van der Waals surface area contributed by atoms with Crippen LogP contribution < -0.4 is 21.1 Å². The summed E-state index contributed by atoms with van der Waals surface area (Å²) in [6.45, 7) is 6.27. The van der Waals surface area contributed by atoms with E-state index in [9.17, 15) is 19.5 Å². The number of fused-ring (bicyclic) bond motifs is 1. The molecule has 1 fully saturated rings. The molecule has 2 heterocycles. The van der Waals surface area contributed by atoms with Gasteiger partial charge < -0.3 is 35.8 Å². The number of carbonyl (C=O) groups is 3. The molecule has 2 aliphatic heterocycles. The Bertz CT molecular complexity index is 1560. The van der Waals surface area contributed by atoms with Crippen LogP contribution in [0.3, 0.4) is 0 Å². The molecule has 11 heteroatoms. The fraction of sp³-hybridized carbons (Fsp3) is 0.417. The van der Waals surface area contributed by atoms with Gasteiger partial charge in [-0.25, -0.2) is 0 Å². The number of rotatable bonds is 10. The van der Waals surface area contributed by atoms with Crippen molar-refractivity contribution in [2.75, 3.05) is 56.3 Å². The van der Waals surface area contributed by atoms with Crippen molar-refractivity contribution in [3.05, 3.63) is 83.4 Å². The molecule has 47 heavy (non-hydrogen) atoms. The molecule has 2 aliphatic rings. The van der Waals surface area contributed by atoms with Crippen molar-refractivity contribution in [3.8, 4) is 5.75 Å². The van der Waals surface area contributed by atoms with Crippen LogP contribution in [0, 0.1) is 11.8 Å². The third-order valence-electron chi connectivity index (χ3n) is 8.91. The van der Waals surface area contributed by atoms with Gasteiger partial charge in [0.25, 0.3) is 11.8 Å². The predicted molar refractivity (Wildman–Crippen MR) is 181 cm³/mol. The largest absolute Gasteiger partial charge is 0.486 e. The topological polar surface area (TPSA) is 146 Å². The third kappa shape index (κ3) is 8.29. The Morgan fingerprint density at radius 3 is 2.43 bits per heavy atom. The summed E-state index contributed by atoms with van der Waals surface area (Å²) in [6.07, 6.45) is 0.934. The van der Waals surface area contributed by atoms with Crippen LogP contribution in [-0.4, -0.2) is 84.7 Å². The lowest BCUT2D eigenvalue weighted by Gasteiger charge is -2.38. The second-order valence-electron chi connectivity index (χ2n) is 12.6. The van der Waals surface area contributed by atoms with Gasteiger partial charge in [0.05, 0.1) is 35.3 Å². The number of carbonyl (C=O) groups excluding carboxylic acids is 3. The number of para-hydroxylation sites is 3. The van der Waals surface area contributed by atoms with Crippen LogP contribution in [0.2, 0.25) is 0 Å². The monoisotopic (exact) mass is 643 g/mol. The van der Waals surface area contributed by atoms with Crippen molar-refractivity contribution >= 4 is 34.8 Å². The number of nitrogens with one attached hydrogen (secondary N) is 2. The molecule has 1 saturated heterocycles. The van der Waals surface area contributed by atoms with Gasteiger partial charge in [0.1, 0.15) is 6.10 Å². The van der Waals surface area contributed by atoms with Crippen molar-refractivity contribution in [1.82, 2.24) is 9.80 Å². The van der Waals surface area contributed by atoms with Crippen molar-refractivity contribution in [1.29, 1.82) is 0 Å². The summed E-state index contributed by atoms with van der Waals surface area (Å²) < 4.78 is 12.1. The summed E-state index contributed by atoms with van der Waals surface area (Å²) in [7, 11) is 1.99. The highest BCUT2D eigenvalue weighted by atomic mass is 16.5. The summed E-state index contributed by atoms with van der Waals surface area (Å²) >= 11 is 0. The van der Waals surface area contributed by atoms with E-state index >= 15 is 0 Å². The number of anilines is 3. The number of aliphatic hydroxyl groups excluding tert-OH is 1. The number of benzene rings is 3. The number of amides is 3. The zero-order chi connectivity index (χ0) is 33.5. The highest BCUT2D eigenvalue weighted by Gasteiger charge is 2.35. The predicted octanol–water partition coefficient (Wildman–Crippen LogP) is 4.24. The molecular weight excluding hydrogens is 598 g/mol. The molecule has 3 aromatic carbocycles. The van der Waals surface area contributed by atoms with Crippen LogP contribution in [0.1, 0.15) is 53.0 Å². The molecule has 3 aromatic rings. The summed E-state index contributed by atoms with van der Waals surface area (Å²) in [4.78, 5) is 43.6. The van der Waals surface area contributed by atoms with Crippen LogP contribution >= 0.6 is 0 Å². The highest BCUT2D eigenvalue weighted by molar-refractivity contribution is 6.05. The molecule has 0 bridgehead atoms. The van der Waals surface area contributed by atoms with Gasteiger partial charge in [-0.15, -0.1) is 0 Å². The van der Waals surface area contributed by atoms with Gasteiger partial charge in [-0.2, -0.15) is 0 Å². The van der Waals surface area contributed by atoms with Gasteiger partial charge in [0.15, 0.2) is 5.75 Å². The van der Waals surface area contributed by atoms with Gasteiger partial charge in [-0.05, 0) is 68.8 Å². The zero-order valence-corrected chi connectivity index (χ0v) is 27.3. The average Bonchev–Trinajstić information content (AvgIpc) is 3.08. The molecule has 0 aromatic heterocycles. The maximum absolute atomic E-state index is 13.8. The van der Waals surface area contributed by atoms with Crippen molar-refractivity contribution in [3.63, 3.8) is 0 Å². The number of hydrogen-bond acceptors (Lipinski definition) is 8. The number of hydrogen-bond donors (Lipinski definition) is 4. The van der Waals surface area contributed by atoms with E-state index in [1.54, 1.807) is 47.4 Å². The Morgan fingerprint density at radius 2 is 1.72 bits per heavy atom. The Balaban J connectivity index is 1.32. The van der Waals surface area contributed by atoms with Crippen LogP contribution in [0.5, 0.6) is 5.75 Å². The standard InChI is InChI=1S/C36H45N5O6/c1-23-19-41(24(2)22-42)36(45)28-7-6-10-31(39-35(44)27-15-17-46-18-16-27)33(28)47-32(23)21-40(3)20-25-11-13-26(14-12-25)34(43)38-30-9-5-4-8-29(30)37/h4-14,23-24,27,32,42H,15-22,37H2,1-3H3,(H,38,43)(H,39,44)/t23-,24+,32-/m1/s1.